The zero-order valence-electron chi connectivity index (χ0n) is 22.9. The quantitative estimate of drug-likeness (QED) is 0.199. The molecule has 0 radical (unpaired) electrons. The van der Waals surface area contributed by atoms with E-state index in [4.69, 9.17) is 24.7 Å². The molecule has 3 atom stereocenters. The van der Waals surface area contributed by atoms with Crippen molar-refractivity contribution in [2.24, 2.45) is 17.6 Å². The minimum atomic E-state index is -1.38. The number of rotatable bonds is 13. The second-order valence-electron chi connectivity index (χ2n) is 10.2. The standard InChI is InChI=1S/C29H37NO9/c1-17(2)13-25(31)38-23-12-11-20(16-24(23)39-26(32)14-18(3)4)22(27(30)28(33)34)15-19(5)36-29(35)37-21-9-7-6-8-10-21/h6-12,16-19,22,27H,13-15,30H2,1-5H3,(H,33,34)/t19?,22?,27-/m0/s1. The Bertz CT molecular complexity index is 1130. The summed E-state index contributed by atoms with van der Waals surface area (Å²) in [6.07, 6.45) is -1.44. The predicted octanol–water partition coefficient (Wildman–Crippen LogP) is 5.08. The lowest BCUT2D eigenvalue weighted by Gasteiger charge is -2.25. The van der Waals surface area contributed by atoms with Gasteiger partial charge in [-0.2, -0.15) is 0 Å². The Hall–Kier alpha value is -3.92. The van der Waals surface area contributed by atoms with Crippen LogP contribution in [0.1, 0.15) is 65.4 Å². The van der Waals surface area contributed by atoms with Gasteiger partial charge >= 0.3 is 24.1 Å². The fraction of sp³-hybridized carbons (Fsp3) is 0.448. The topological polar surface area (TPSA) is 151 Å². The molecule has 0 spiro atoms. The van der Waals surface area contributed by atoms with Crippen LogP contribution in [-0.4, -0.2) is 41.3 Å². The van der Waals surface area contributed by atoms with Crippen LogP contribution in [0.5, 0.6) is 17.2 Å². The van der Waals surface area contributed by atoms with Crippen molar-refractivity contribution in [2.45, 2.75) is 71.9 Å². The molecule has 0 heterocycles. The second-order valence-corrected chi connectivity index (χ2v) is 10.2. The molecule has 0 bridgehead atoms. The van der Waals surface area contributed by atoms with Gasteiger partial charge in [-0.15, -0.1) is 0 Å². The van der Waals surface area contributed by atoms with Gasteiger partial charge in [-0.1, -0.05) is 52.0 Å². The fourth-order valence-corrected chi connectivity index (χ4v) is 3.76. The van der Waals surface area contributed by atoms with Gasteiger partial charge in [0.1, 0.15) is 17.9 Å². The first-order valence-corrected chi connectivity index (χ1v) is 12.8. The Morgan fingerprint density at radius 3 is 1.90 bits per heavy atom. The lowest BCUT2D eigenvalue weighted by atomic mass is 9.87. The largest absolute Gasteiger partial charge is 0.514 e. The summed E-state index contributed by atoms with van der Waals surface area (Å²) in [6, 6.07) is 11.4. The molecular weight excluding hydrogens is 506 g/mol. The number of carboxylic acid groups (broad SMARTS) is 1. The average Bonchev–Trinajstić information content (AvgIpc) is 2.82. The minimum Gasteiger partial charge on any atom is -0.480 e. The lowest BCUT2D eigenvalue weighted by Crippen LogP contribution is -2.38. The van der Waals surface area contributed by atoms with Crippen LogP contribution in [0.15, 0.2) is 48.5 Å². The van der Waals surface area contributed by atoms with E-state index in [1.165, 1.54) is 12.1 Å². The van der Waals surface area contributed by atoms with E-state index in [2.05, 4.69) is 0 Å². The summed E-state index contributed by atoms with van der Waals surface area (Å²) < 4.78 is 21.4. The number of carboxylic acids is 1. The van der Waals surface area contributed by atoms with Gasteiger partial charge in [0.25, 0.3) is 0 Å². The Kier molecular flexibility index (Phi) is 11.9. The molecule has 0 aliphatic carbocycles. The van der Waals surface area contributed by atoms with E-state index in [0.29, 0.717) is 11.3 Å². The highest BCUT2D eigenvalue weighted by Crippen LogP contribution is 2.35. The summed E-state index contributed by atoms with van der Waals surface area (Å²) in [5, 5.41) is 9.66. The molecule has 2 aromatic carbocycles. The maximum Gasteiger partial charge on any atom is 0.514 e. The number of ether oxygens (including phenoxy) is 4. The first-order valence-electron chi connectivity index (χ1n) is 12.8. The molecule has 39 heavy (non-hydrogen) atoms. The van der Waals surface area contributed by atoms with E-state index in [0.717, 1.165) is 0 Å². The maximum atomic E-state index is 12.5. The number of hydrogen-bond donors (Lipinski definition) is 2. The van der Waals surface area contributed by atoms with Crippen molar-refractivity contribution in [1.29, 1.82) is 0 Å². The van der Waals surface area contributed by atoms with Crippen LogP contribution in [0.25, 0.3) is 0 Å². The van der Waals surface area contributed by atoms with Gasteiger partial charge in [-0.05, 0) is 55.0 Å². The highest BCUT2D eigenvalue weighted by Gasteiger charge is 2.30. The van der Waals surface area contributed by atoms with Crippen LogP contribution in [0.4, 0.5) is 4.79 Å². The van der Waals surface area contributed by atoms with Crippen LogP contribution in [0.3, 0.4) is 0 Å². The zero-order chi connectivity index (χ0) is 29.1. The highest BCUT2D eigenvalue weighted by molar-refractivity contribution is 5.77. The molecule has 0 aliphatic heterocycles. The monoisotopic (exact) mass is 543 g/mol. The second kappa shape index (κ2) is 14.9. The van der Waals surface area contributed by atoms with E-state index < -0.39 is 42.1 Å². The van der Waals surface area contributed by atoms with Gasteiger partial charge in [-0.3, -0.25) is 14.4 Å². The molecule has 212 valence electrons. The van der Waals surface area contributed by atoms with Crippen molar-refractivity contribution in [1.82, 2.24) is 0 Å². The fourth-order valence-electron chi connectivity index (χ4n) is 3.76. The number of benzene rings is 2. The molecule has 2 rings (SSSR count). The number of carbonyl (C=O) groups excluding carboxylic acids is 3. The molecule has 3 N–H and O–H groups in total. The molecule has 0 amide bonds. The van der Waals surface area contributed by atoms with Crippen molar-refractivity contribution in [3.8, 4) is 17.2 Å². The van der Waals surface area contributed by atoms with Crippen molar-refractivity contribution < 1.29 is 43.2 Å². The third kappa shape index (κ3) is 10.8. The van der Waals surface area contributed by atoms with Crippen molar-refractivity contribution in [3.05, 3.63) is 54.1 Å². The zero-order valence-corrected chi connectivity index (χ0v) is 22.9. The third-order valence-electron chi connectivity index (χ3n) is 5.54. The molecule has 0 aromatic heterocycles. The molecule has 0 saturated heterocycles. The number of hydrogen-bond acceptors (Lipinski definition) is 9. The Morgan fingerprint density at radius 2 is 1.36 bits per heavy atom. The van der Waals surface area contributed by atoms with Gasteiger partial charge in [-0.25, -0.2) is 4.79 Å². The predicted molar refractivity (Wildman–Crippen MR) is 143 cm³/mol. The molecule has 2 unspecified atom stereocenters. The first kappa shape index (κ1) is 31.3. The average molecular weight is 544 g/mol. The summed E-state index contributed by atoms with van der Waals surface area (Å²) in [4.78, 5) is 48.9. The smallest absolute Gasteiger partial charge is 0.480 e. The lowest BCUT2D eigenvalue weighted by molar-refractivity contribution is -0.139. The number of para-hydroxylation sites is 1. The molecule has 0 saturated carbocycles. The van der Waals surface area contributed by atoms with Crippen LogP contribution in [-0.2, 0) is 19.1 Å². The van der Waals surface area contributed by atoms with E-state index in [-0.39, 0.29) is 42.6 Å². The molecule has 0 aliphatic rings. The van der Waals surface area contributed by atoms with E-state index in [1.807, 2.05) is 27.7 Å². The van der Waals surface area contributed by atoms with Gasteiger partial charge in [0.2, 0.25) is 0 Å². The number of aliphatic carboxylic acids is 1. The first-order chi connectivity index (χ1) is 18.3. The number of esters is 2. The Labute approximate surface area is 228 Å². The van der Waals surface area contributed by atoms with E-state index in [9.17, 15) is 24.3 Å². The van der Waals surface area contributed by atoms with Crippen LogP contribution in [0, 0.1) is 11.8 Å². The molecular formula is C29H37NO9. The van der Waals surface area contributed by atoms with Crippen LogP contribution < -0.4 is 19.9 Å². The minimum absolute atomic E-state index is 0.0171. The Morgan fingerprint density at radius 1 is 0.795 bits per heavy atom. The SMILES string of the molecule is CC(C)CC(=O)Oc1ccc(C(CC(C)OC(=O)Oc2ccccc2)[C@H](N)C(=O)O)cc1OC(=O)CC(C)C. The highest BCUT2D eigenvalue weighted by atomic mass is 16.7. The summed E-state index contributed by atoms with van der Waals surface area (Å²) in [5.41, 5.74) is 6.42. The van der Waals surface area contributed by atoms with Gasteiger partial charge in [0.05, 0.1) is 0 Å². The van der Waals surface area contributed by atoms with Gasteiger partial charge in [0, 0.05) is 18.8 Å². The summed E-state index contributed by atoms with van der Waals surface area (Å²) in [5.74, 6) is -2.81. The van der Waals surface area contributed by atoms with E-state index in [1.54, 1.807) is 43.3 Å². The molecule has 10 nitrogen and oxygen atoms in total. The van der Waals surface area contributed by atoms with Gasteiger partial charge in [0.15, 0.2) is 11.5 Å². The van der Waals surface area contributed by atoms with Crippen molar-refractivity contribution >= 4 is 24.1 Å². The molecule has 10 heteroatoms. The summed E-state index contributed by atoms with van der Waals surface area (Å²) >= 11 is 0. The maximum absolute atomic E-state index is 12.5. The summed E-state index contributed by atoms with van der Waals surface area (Å²) in [7, 11) is 0. The third-order valence-corrected chi connectivity index (χ3v) is 5.54. The molecule has 0 fully saturated rings. The van der Waals surface area contributed by atoms with Crippen molar-refractivity contribution in [3.63, 3.8) is 0 Å². The number of carbonyl (C=O) groups is 4. The number of nitrogens with two attached hydrogens (primary N) is 1. The summed E-state index contributed by atoms with van der Waals surface area (Å²) in [6.45, 7) is 9.02. The Balaban J connectivity index is 2.31. The normalized spacial score (nSPS) is 13.3. The molecule has 2 aromatic rings. The van der Waals surface area contributed by atoms with E-state index >= 15 is 0 Å². The van der Waals surface area contributed by atoms with Crippen LogP contribution >= 0.6 is 0 Å². The van der Waals surface area contributed by atoms with Crippen molar-refractivity contribution in [2.75, 3.05) is 0 Å². The van der Waals surface area contributed by atoms with Gasteiger partial charge < -0.3 is 29.8 Å². The van der Waals surface area contributed by atoms with Crippen LogP contribution in [0.2, 0.25) is 0 Å².